The van der Waals surface area contributed by atoms with Crippen molar-refractivity contribution < 1.29 is 9.53 Å². The van der Waals surface area contributed by atoms with E-state index in [1.807, 2.05) is 24.3 Å². The third kappa shape index (κ3) is 4.21. The van der Waals surface area contributed by atoms with E-state index in [0.717, 1.165) is 17.7 Å². The lowest BCUT2D eigenvalue weighted by Gasteiger charge is -2.09. The highest BCUT2D eigenvalue weighted by Crippen LogP contribution is 2.20. The van der Waals surface area contributed by atoms with Crippen molar-refractivity contribution in [3.63, 3.8) is 0 Å². The van der Waals surface area contributed by atoms with Crippen molar-refractivity contribution in [1.29, 1.82) is 0 Å². The Morgan fingerprint density at radius 1 is 1.14 bits per heavy atom. The van der Waals surface area contributed by atoms with Gasteiger partial charge in [0.2, 0.25) is 5.91 Å². The number of benzene rings is 2. The van der Waals surface area contributed by atoms with E-state index in [1.165, 1.54) is 5.56 Å². The third-order valence-electron chi connectivity index (χ3n) is 3.09. The lowest BCUT2D eigenvalue weighted by molar-refractivity contribution is 0.1000. The summed E-state index contributed by atoms with van der Waals surface area (Å²) in [6, 6.07) is 12.7. The van der Waals surface area contributed by atoms with Crippen LogP contribution in [0.25, 0.3) is 0 Å². The fourth-order valence-electron chi connectivity index (χ4n) is 1.90. The first-order valence-corrected chi connectivity index (χ1v) is 6.98. The highest BCUT2D eigenvalue weighted by atomic mass is 35.5. The van der Waals surface area contributed by atoms with Gasteiger partial charge in [-0.2, -0.15) is 0 Å². The SMILES string of the molecule is NCCc1ccc(OCc2ccc(C(N)=O)cc2Cl)cc1. The number of amides is 1. The zero-order valence-corrected chi connectivity index (χ0v) is 12.3. The molecule has 0 aromatic heterocycles. The Balaban J connectivity index is 2.01. The molecule has 0 aliphatic rings. The molecule has 0 atom stereocenters. The monoisotopic (exact) mass is 304 g/mol. The first kappa shape index (κ1) is 15.4. The lowest BCUT2D eigenvalue weighted by atomic mass is 10.1. The number of hydrogen-bond acceptors (Lipinski definition) is 3. The number of hydrogen-bond donors (Lipinski definition) is 2. The maximum atomic E-state index is 11.1. The molecule has 0 spiro atoms. The molecule has 2 rings (SSSR count). The van der Waals surface area contributed by atoms with Crippen LogP contribution in [0.3, 0.4) is 0 Å². The van der Waals surface area contributed by atoms with Gasteiger partial charge in [-0.15, -0.1) is 0 Å². The molecule has 0 heterocycles. The average molecular weight is 305 g/mol. The summed E-state index contributed by atoms with van der Waals surface area (Å²) in [6.45, 7) is 0.954. The van der Waals surface area contributed by atoms with Crippen molar-refractivity contribution in [3.05, 3.63) is 64.2 Å². The number of carbonyl (C=O) groups is 1. The molecular weight excluding hydrogens is 288 g/mol. The van der Waals surface area contributed by atoms with E-state index in [1.54, 1.807) is 18.2 Å². The van der Waals surface area contributed by atoms with Gasteiger partial charge >= 0.3 is 0 Å². The first-order valence-electron chi connectivity index (χ1n) is 6.60. The molecule has 0 fully saturated rings. The summed E-state index contributed by atoms with van der Waals surface area (Å²) >= 11 is 6.10. The second-order valence-corrected chi connectivity index (χ2v) is 5.05. The minimum atomic E-state index is -0.500. The molecule has 0 saturated heterocycles. The Morgan fingerprint density at radius 2 is 1.86 bits per heavy atom. The Morgan fingerprint density at radius 3 is 2.43 bits per heavy atom. The first-order chi connectivity index (χ1) is 10.1. The molecule has 0 saturated carbocycles. The molecule has 2 aromatic carbocycles. The van der Waals surface area contributed by atoms with Gasteiger partial charge in [0.25, 0.3) is 0 Å². The Kier molecular flexibility index (Phi) is 5.20. The van der Waals surface area contributed by atoms with Crippen LogP contribution < -0.4 is 16.2 Å². The van der Waals surface area contributed by atoms with E-state index in [4.69, 9.17) is 27.8 Å². The van der Waals surface area contributed by atoms with Crippen LogP contribution in [-0.2, 0) is 13.0 Å². The molecule has 4 N–H and O–H groups in total. The number of nitrogens with two attached hydrogens (primary N) is 2. The normalized spacial score (nSPS) is 10.4. The van der Waals surface area contributed by atoms with Gasteiger partial charge in [0.15, 0.2) is 0 Å². The van der Waals surface area contributed by atoms with Gasteiger partial charge in [-0.3, -0.25) is 4.79 Å². The highest BCUT2D eigenvalue weighted by molar-refractivity contribution is 6.31. The maximum Gasteiger partial charge on any atom is 0.248 e. The van der Waals surface area contributed by atoms with Gasteiger partial charge < -0.3 is 16.2 Å². The molecule has 0 bridgehead atoms. The molecule has 0 radical (unpaired) electrons. The minimum absolute atomic E-state index is 0.327. The van der Waals surface area contributed by atoms with Crippen molar-refractivity contribution in [2.45, 2.75) is 13.0 Å². The molecule has 1 amide bonds. The second-order valence-electron chi connectivity index (χ2n) is 4.64. The quantitative estimate of drug-likeness (QED) is 0.860. The summed E-state index contributed by atoms with van der Waals surface area (Å²) in [6.07, 6.45) is 0.848. The van der Waals surface area contributed by atoms with Crippen molar-refractivity contribution in [2.24, 2.45) is 11.5 Å². The van der Waals surface area contributed by atoms with Crippen LogP contribution in [0.5, 0.6) is 5.75 Å². The average Bonchev–Trinajstić information content (AvgIpc) is 2.47. The molecule has 4 nitrogen and oxygen atoms in total. The van der Waals surface area contributed by atoms with Crippen molar-refractivity contribution >= 4 is 17.5 Å². The second kappa shape index (κ2) is 7.11. The molecule has 21 heavy (non-hydrogen) atoms. The van der Waals surface area contributed by atoms with Crippen molar-refractivity contribution in [1.82, 2.24) is 0 Å². The summed E-state index contributed by atoms with van der Waals surface area (Å²) in [5.41, 5.74) is 13.1. The number of rotatable bonds is 6. The zero-order valence-electron chi connectivity index (χ0n) is 11.5. The van der Waals surface area contributed by atoms with Gasteiger partial charge in [0.1, 0.15) is 12.4 Å². The van der Waals surface area contributed by atoms with E-state index in [-0.39, 0.29) is 0 Å². The van der Waals surface area contributed by atoms with Gasteiger partial charge in [0.05, 0.1) is 0 Å². The van der Waals surface area contributed by atoms with Crippen LogP contribution in [0.15, 0.2) is 42.5 Å². The fraction of sp³-hybridized carbons (Fsp3) is 0.188. The Labute approximate surface area is 128 Å². The van der Waals surface area contributed by atoms with Crippen LogP contribution in [0, 0.1) is 0 Å². The lowest BCUT2D eigenvalue weighted by Crippen LogP contribution is -2.11. The van der Waals surface area contributed by atoms with E-state index in [2.05, 4.69) is 0 Å². The van der Waals surface area contributed by atoms with Gasteiger partial charge in [-0.1, -0.05) is 29.8 Å². The summed E-state index contributed by atoms with van der Waals surface area (Å²) in [4.78, 5) is 11.1. The van der Waals surface area contributed by atoms with Crippen molar-refractivity contribution in [2.75, 3.05) is 6.54 Å². The number of ether oxygens (including phenoxy) is 1. The van der Waals surface area contributed by atoms with Crippen LogP contribution in [0.1, 0.15) is 21.5 Å². The summed E-state index contributed by atoms with van der Waals surface area (Å²) in [5, 5.41) is 0.464. The molecule has 110 valence electrons. The largest absolute Gasteiger partial charge is 0.489 e. The van der Waals surface area contributed by atoms with Crippen LogP contribution >= 0.6 is 11.6 Å². The third-order valence-corrected chi connectivity index (χ3v) is 3.44. The smallest absolute Gasteiger partial charge is 0.248 e. The van der Waals surface area contributed by atoms with E-state index >= 15 is 0 Å². The standard InChI is InChI=1S/C16H17ClN2O2/c17-15-9-12(16(19)20)3-4-13(15)10-21-14-5-1-11(2-6-14)7-8-18/h1-6,9H,7-8,10,18H2,(H2,19,20). The number of carbonyl (C=O) groups excluding carboxylic acids is 1. The summed E-state index contributed by atoms with van der Waals surface area (Å²) < 4.78 is 5.67. The van der Waals surface area contributed by atoms with Gasteiger partial charge in [-0.25, -0.2) is 0 Å². The topological polar surface area (TPSA) is 78.3 Å². The molecular formula is C16H17ClN2O2. The fourth-order valence-corrected chi connectivity index (χ4v) is 2.13. The van der Waals surface area contributed by atoms with Crippen LogP contribution in [0.4, 0.5) is 0 Å². The molecule has 5 heteroatoms. The maximum absolute atomic E-state index is 11.1. The van der Waals surface area contributed by atoms with E-state index in [9.17, 15) is 4.79 Å². The molecule has 0 aliphatic heterocycles. The van der Waals surface area contributed by atoms with Crippen molar-refractivity contribution in [3.8, 4) is 5.75 Å². The van der Waals surface area contributed by atoms with Crippen LogP contribution in [0.2, 0.25) is 5.02 Å². The van der Waals surface area contributed by atoms with Crippen LogP contribution in [-0.4, -0.2) is 12.5 Å². The number of primary amides is 1. The van der Waals surface area contributed by atoms with Gasteiger partial charge in [-0.05, 0) is 42.8 Å². The molecule has 0 aliphatic carbocycles. The number of halogens is 1. The minimum Gasteiger partial charge on any atom is -0.489 e. The summed E-state index contributed by atoms with van der Waals surface area (Å²) in [7, 11) is 0. The highest BCUT2D eigenvalue weighted by Gasteiger charge is 2.06. The molecule has 0 unspecified atom stereocenters. The Hall–Kier alpha value is -2.04. The van der Waals surface area contributed by atoms with E-state index < -0.39 is 5.91 Å². The summed E-state index contributed by atoms with van der Waals surface area (Å²) in [5.74, 6) is 0.255. The predicted molar refractivity (Wildman–Crippen MR) is 83.5 cm³/mol. The predicted octanol–water partition coefficient (Wildman–Crippen LogP) is 2.52. The zero-order chi connectivity index (χ0) is 15.2. The van der Waals surface area contributed by atoms with Gasteiger partial charge in [0, 0.05) is 16.1 Å². The van der Waals surface area contributed by atoms with E-state index in [0.29, 0.717) is 23.7 Å². The molecule has 2 aromatic rings. The Bertz CT molecular complexity index is 627.